The summed E-state index contributed by atoms with van der Waals surface area (Å²) in [5.41, 5.74) is 0.845. The summed E-state index contributed by atoms with van der Waals surface area (Å²) in [7, 11) is 2.03. The summed E-state index contributed by atoms with van der Waals surface area (Å²) in [5.74, 6) is 0.441. The van der Waals surface area contributed by atoms with Crippen molar-refractivity contribution in [2.75, 3.05) is 13.6 Å². The SMILES string of the molecule is CN1CCc2c(sc(/N=C/c3ccc(-c4ccccc4C(F)(F)F)o3)c2C#N)C1. The lowest BCUT2D eigenvalue weighted by molar-refractivity contribution is -0.137. The molecule has 0 bridgehead atoms. The van der Waals surface area contributed by atoms with Crippen LogP contribution in [0.25, 0.3) is 11.3 Å². The zero-order chi connectivity index (χ0) is 20.6. The van der Waals surface area contributed by atoms with Crippen molar-refractivity contribution in [1.29, 1.82) is 5.26 Å². The van der Waals surface area contributed by atoms with Gasteiger partial charge in [-0.25, -0.2) is 4.99 Å². The van der Waals surface area contributed by atoms with Crippen LogP contribution in [-0.4, -0.2) is 24.7 Å². The van der Waals surface area contributed by atoms with Gasteiger partial charge in [0.1, 0.15) is 22.6 Å². The summed E-state index contributed by atoms with van der Waals surface area (Å²) in [6, 6.07) is 10.6. The van der Waals surface area contributed by atoms with Crippen molar-refractivity contribution in [3.63, 3.8) is 0 Å². The van der Waals surface area contributed by atoms with Gasteiger partial charge in [0.15, 0.2) is 0 Å². The molecule has 4 nitrogen and oxygen atoms in total. The van der Waals surface area contributed by atoms with E-state index in [4.69, 9.17) is 4.42 Å². The highest BCUT2D eigenvalue weighted by Gasteiger charge is 2.34. The lowest BCUT2D eigenvalue weighted by Crippen LogP contribution is -2.25. The Hall–Kier alpha value is -2.89. The molecule has 0 radical (unpaired) electrons. The number of furan rings is 1. The van der Waals surface area contributed by atoms with E-state index in [1.807, 2.05) is 7.05 Å². The smallest absolute Gasteiger partial charge is 0.417 e. The number of thiophene rings is 1. The predicted octanol–water partition coefficient (Wildman–Crippen LogP) is 5.64. The Morgan fingerprint density at radius 2 is 2.03 bits per heavy atom. The number of benzene rings is 1. The Balaban J connectivity index is 1.63. The van der Waals surface area contributed by atoms with E-state index in [0.717, 1.165) is 36.0 Å². The van der Waals surface area contributed by atoms with Crippen LogP contribution in [0.5, 0.6) is 0 Å². The van der Waals surface area contributed by atoms with Gasteiger partial charge in [0.2, 0.25) is 0 Å². The maximum Gasteiger partial charge on any atom is 0.417 e. The van der Waals surface area contributed by atoms with Crippen LogP contribution in [0.4, 0.5) is 18.2 Å². The Morgan fingerprint density at radius 3 is 2.79 bits per heavy atom. The molecule has 29 heavy (non-hydrogen) atoms. The van der Waals surface area contributed by atoms with Crippen molar-refractivity contribution in [3.05, 3.63) is 63.7 Å². The fourth-order valence-corrected chi connectivity index (χ4v) is 4.58. The average molecular weight is 415 g/mol. The Labute approximate surface area is 169 Å². The number of likely N-dealkylation sites (N-methyl/N-ethyl adjacent to an activating group) is 1. The van der Waals surface area contributed by atoms with Crippen LogP contribution in [0, 0.1) is 11.3 Å². The van der Waals surface area contributed by atoms with Gasteiger partial charge >= 0.3 is 6.18 Å². The van der Waals surface area contributed by atoms with E-state index in [-0.39, 0.29) is 11.3 Å². The molecule has 0 spiro atoms. The van der Waals surface area contributed by atoms with Crippen LogP contribution in [0.1, 0.15) is 27.3 Å². The van der Waals surface area contributed by atoms with Crippen LogP contribution in [0.3, 0.4) is 0 Å². The van der Waals surface area contributed by atoms with Gasteiger partial charge in [0, 0.05) is 23.5 Å². The van der Waals surface area contributed by atoms with Crippen LogP contribution in [-0.2, 0) is 19.1 Å². The molecule has 1 aromatic carbocycles. The van der Waals surface area contributed by atoms with Crippen molar-refractivity contribution in [2.45, 2.75) is 19.1 Å². The number of halogens is 3. The standard InChI is InChI=1S/C21H16F3N3OS/c1-27-9-8-14-16(10-25)20(29-19(14)12-27)26-11-13-6-7-18(28-13)15-4-2-3-5-17(15)21(22,23)24/h2-7,11H,8-9,12H2,1H3/b26-11+. The summed E-state index contributed by atoms with van der Waals surface area (Å²) in [6.07, 6.45) is -2.22. The fraction of sp³-hybridized carbons (Fsp3) is 0.238. The van der Waals surface area contributed by atoms with Crippen molar-refractivity contribution in [1.82, 2.24) is 4.90 Å². The van der Waals surface area contributed by atoms with Crippen molar-refractivity contribution >= 4 is 22.6 Å². The van der Waals surface area contributed by atoms with E-state index in [0.29, 0.717) is 16.3 Å². The third-order valence-electron chi connectivity index (χ3n) is 4.77. The summed E-state index contributed by atoms with van der Waals surface area (Å²) in [5, 5.41) is 10.1. The number of hydrogen-bond acceptors (Lipinski definition) is 5. The van der Waals surface area contributed by atoms with E-state index in [2.05, 4.69) is 16.0 Å². The quantitative estimate of drug-likeness (QED) is 0.521. The minimum absolute atomic E-state index is 0.0213. The van der Waals surface area contributed by atoms with Crippen LogP contribution < -0.4 is 0 Å². The third kappa shape index (κ3) is 3.84. The molecule has 0 saturated heterocycles. The molecule has 1 aliphatic rings. The maximum atomic E-state index is 13.2. The second-order valence-corrected chi connectivity index (χ2v) is 7.87. The number of alkyl halides is 3. The third-order valence-corrected chi connectivity index (χ3v) is 5.90. The topological polar surface area (TPSA) is 52.5 Å². The molecule has 0 atom stereocenters. The first-order valence-electron chi connectivity index (χ1n) is 8.90. The van der Waals surface area contributed by atoms with Crippen molar-refractivity contribution in [2.24, 2.45) is 4.99 Å². The van der Waals surface area contributed by atoms with E-state index in [9.17, 15) is 18.4 Å². The fourth-order valence-electron chi connectivity index (χ4n) is 3.36. The predicted molar refractivity (Wildman–Crippen MR) is 105 cm³/mol. The van der Waals surface area contributed by atoms with Gasteiger partial charge in [-0.2, -0.15) is 18.4 Å². The summed E-state index contributed by atoms with van der Waals surface area (Å²) < 4.78 is 45.3. The average Bonchev–Trinajstić information content (AvgIpc) is 3.29. The first-order chi connectivity index (χ1) is 13.9. The minimum Gasteiger partial charge on any atom is -0.455 e. The number of nitriles is 1. The summed E-state index contributed by atoms with van der Waals surface area (Å²) >= 11 is 1.47. The number of hydrogen-bond donors (Lipinski definition) is 0. The molecule has 4 rings (SSSR count). The van der Waals surface area contributed by atoms with E-state index >= 15 is 0 Å². The number of rotatable bonds is 3. The summed E-state index contributed by atoms with van der Waals surface area (Å²) in [6.45, 7) is 1.67. The Kier molecular flexibility index (Phi) is 5.03. The highest BCUT2D eigenvalue weighted by Crippen LogP contribution is 2.39. The molecule has 8 heteroatoms. The summed E-state index contributed by atoms with van der Waals surface area (Å²) in [4.78, 5) is 7.70. The van der Waals surface area contributed by atoms with Gasteiger partial charge in [0.25, 0.3) is 0 Å². The lowest BCUT2D eigenvalue weighted by atomic mass is 10.0. The van der Waals surface area contributed by atoms with Gasteiger partial charge in [-0.1, -0.05) is 18.2 Å². The zero-order valence-corrected chi connectivity index (χ0v) is 16.3. The molecule has 0 saturated carbocycles. The highest BCUT2D eigenvalue weighted by molar-refractivity contribution is 7.16. The molecule has 1 aliphatic heterocycles. The van der Waals surface area contributed by atoms with Gasteiger partial charge < -0.3 is 9.32 Å². The lowest BCUT2D eigenvalue weighted by Gasteiger charge is -2.21. The molecule has 0 N–H and O–H groups in total. The van der Waals surface area contributed by atoms with E-state index in [1.165, 1.54) is 41.8 Å². The van der Waals surface area contributed by atoms with Crippen LogP contribution in [0.2, 0.25) is 0 Å². The second kappa shape index (κ2) is 7.50. The molecular formula is C21H16F3N3OS. The van der Waals surface area contributed by atoms with Gasteiger partial charge in [0.05, 0.1) is 17.3 Å². The molecule has 2 aromatic heterocycles. The Morgan fingerprint density at radius 1 is 1.24 bits per heavy atom. The van der Waals surface area contributed by atoms with Gasteiger partial charge in [-0.3, -0.25) is 0 Å². The van der Waals surface area contributed by atoms with E-state index in [1.54, 1.807) is 6.07 Å². The van der Waals surface area contributed by atoms with Gasteiger partial charge in [-0.05, 0) is 37.2 Å². The Bertz CT molecular complexity index is 1120. The van der Waals surface area contributed by atoms with E-state index < -0.39 is 11.7 Å². The molecule has 0 amide bonds. The first kappa shape index (κ1) is 19.4. The zero-order valence-electron chi connectivity index (χ0n) is 15.5. The van der Waals surface area contributed by atoms with Crippen LogP contribution >= 0.6 is 11.3 Å². The minimum atomic E-state index is -4.47. The molecule has 148 valence electrons. The molecule has 0 fully saturated rings. The second-order valence-electron chi connectivity index (χ2n) is 6.79. The maximum absolute atomic E-state index is 13.2. The number of aliphatic imine (C=N–C) groups is 1. The molecular weight excluding hydrogens is 399 g/mol. The molecule has 0 aliphatic carbocycles. The largest absolute Gasteiger partial charge is 0.455 e. The normalized spacial score (nSPS) is 14.9. The molecule has 0 unspecified atom stereocenters. The van der Waals surface area contributed by atoms with Crippen LogP contribution in [0.15, 0.2) is 45.8 Å². The molecule has 3 heterocycles. The molecule has 3 aromatic rings. The first-order valence-corrected chi connectivity index (χ1v) is 9.72. The van der Waals surface area contributed by atoms with Crippen molar-refractivity contribution < 1.29 is 17.6 Å². The van der Waals surface area contributed by atoms with Gasteiger partial charge in [-0.15, -0.1) is 11.3 Å². The highest BCUT2D eigenvalue weighted by atomic mass is 32.1. The van der Waals surface area contributed by atoms with Crippen molar-refractivity contribution in [3.8, 4) is 17.4 Å². The monoisotopic (exact) mass is 415 g/mol. The number of fused-ring (bicyclic) bond motifs is 1. The number of nitrogens with zero attached hydrogens (tertiary/aromatic N) is 3.